The van der Waals surface area contributed by atoms with Gasteiger partial charge in [0.25, 0.3) is 5.22 Å². The van der Waals surface area contributed by atoms with Crippen LogP contribution < -0.4 is 10.2 Å². The number of fused-ring (bicyclic) bond motifs is 1. The minimum absolute atomic E-state index is 0.00740. The van der Waals surface area contributed by atoms with Crippen molar-refractivity contribution in [3.05, 3.63) is 42.5 Å². The van der Waals surface area contributed by atoms with Crippen molar-refractivity contribution in [1.82, 2.24) is 4.98 Å². The number of rotatable bonds is 7. The number of nitrogens with zero attached hydrogens (tertiary/aromatic N) is 2. The molecule has 162 valence electrons. The molecule has 8 nitrogen and oxygen atoms in total. The van der Waals surface area contributed by atoms with E-state index >= 15 is 0 Å². The summed E-state index contributed by atoms with van der Waals surface area (Å²) in [6, 6.07) is 11.7. The van der Waals surface area contributed by atoms with Crippen LogP contribution in [0.2, 0.25) is 0 Å². The molecule has 1 saturated heterocycles. The van der Waals surface area contributed by atoms with Crippen molar-refractivity contribution >= 4 is 55.9 Å². The van der Waals surface area contributed by atoms with Gasteiger partial charge in [-0.05, 0) is 48.9 Å². The molecule has 1 fully saturated rings. The highest BCUT2D eigenvalue weighted by Gasteiger charge is 2.21. The molecule has 1 aromatic heterocycles. The Morgan fingerprint density at radius 1 is 1.23 bits per heavy atom. The summed E-state index contributed by atoms with van der Waals surface area (Å²) < 4.78 is 29.6. The number of aromatic nitrogens is 1. The molecule has 0 atom stereocenters. The molecule has 1 aliphatic rings. The molecule has 4 rings (SSSR count). The Labute approximate surface area is 183 Å². The standard InChI is InChI=1S/C21H21N3O5S2/c1-2-31(27,28)16-9-10-18-17(12-16)23-21(29-18)30-13-19(25)22-14-5-7-15(8-6-14)24-11-3-4-20(24)26/h5-10,12H,2-4,11,13H2,1H3,(H,22,25). The van der Waals surface area contributed by atoms with Gasteiger partial charge < -0.3 is 14.6 Å². The Kier molecular flexibility index (Phi) is 6.01. The van der Waals surface area contributed by atoms with Crippen molar-refractivity contribution in [2.24, 2.45) is 0 Å². The minimum Gasteiger partial charge on any atom is -0.431 e. The number of anilines is 2. The van der Waals surface area contributed by atoms with Crippen molar-refractivity contribution in [1.29, 1.82) is 0 Å². The van der Waals surface area contributed by atoms with Crippen LogP contribution in [0.25, 0.3) is 11.1 Å². The predicted octanol–water partition coefficient (Wildman–Crippen LogP) is 3.48. The fourth-order valence-electron chi connectivity index (χ4n) is 3.28. The van der Waals surface area contributed by atoms with E-state index in [9.17, 15) is 18.0 Å². The van der Waals surface area contributed by atoms with Crippen LogP contribution in [0.5, 0.6) is 0 Å². The molecule has 2 amide bonds. The van der Waals surface area contributed by atoms with Crippen LogP contribution >= 0.6 is 11.8 Å². The van der Waals surface area contributed by atoms with Gasteiger partial charge in [-0.1, -0.05) is 18.7 Å². The van der Waals surface area contributed by atoms with Crippen LogP contribution in [-0.2, 0) is 19.4 Å². The Morgan fingerprint density at radius 2 is 2.00 bits per heavy atom. The number of hydrogen-bond donors (Lipinski definition) is 1. The number of carbonyl (C=O) groups excluding carboxylic acids is 2. The molecule has 2 aromatic carbocycles. The lowest BCUT2D eigenvalue weighted by Gasteiger charge is -2.16. The number of oxazole rings is 1. The average molecular weight is 460 g/mol. The first kappa shape index (κ1) is 21.4. The second-order valence-electron chi connectivity index (χ2n) is 7.05. The maximum Gasteiger partial charge on any atom is 0.257 e. The first-order chi connectivity index (χ1) is 14.9. The van der Waals surface area contributed by atoms with Gasteiger partial charge in [0.2, 0.25) is 11.8 Å². The summed E-state index contributed by atoms with van der Waals surface area (Å²) in [5.74, 6) is -0.0234. The number of sulfone groups is 1. The number of thioether (sulfide) groups is 1. The third kappa shape index (κ3) is 4.75. The van der Waals surface area contributed by atoms with E-state index < -0.39 is 9.84 Å². The maximum absolute atomic E-state index is 12.3. The zero-order valence-corrected chi connectivity index (χ0v) is 18.5. The highest BCUT2D eigenvalue weighted by molar-refractivity contribution is 7.99. The lowest BCUT2D eigenvalue weighted by atomic mass is 10.2. The van der Waals surface area contributed by atoms with Gasteiger partial charge in [-0.2, -0.15) is 0 Å². The molecule has 3 aromatic rings. The largest absolute Gasteiger partial charge is 0.431 e. The lowest BCUT2D eigenvalue weighted by molar-refractivity contribution is -0.117. The second-order valence-corrected chi connectivity index (χ2v) is 10.3. The summed E-state index contributed by atoms with van der Waals surface area (Å²) in [6.45, 7) is 2.30. The SMILES string of the molecule is CCS(=O)(=O)c1ccc2oc(SCC(=O)Nc3ccc(N4CCCC4=O)cc3)nc2c1. The van der Waals surface area contributed by atoms with E-state index in [1.807, 2.05) is 12.1 Å². The van der Waals surface area contributed by atoms with Gasteiger partial charge in [-0.25, -0.2) is 13.4 Å². The maximum atomic E-state index is 12.3. The molecular formula is C21H21N3O5S2. The van der Waals surface area contributed by atoms with Gasteiger partial charge in [-0.3, -0.25) is 9.59 Å². The first-order valence-corrected chi connectivity index (χ1v) is 12.5. The third-order valence-corrected chi connectivity index (χ3v) is 7.50. The van der Waals surface area contributed by atoms with Crippen molar-refractivity contribution in [3.63, 3.8) is 0 Å². The zero-order valence-electron chi connectivity index (χ0n) is 16.8. The topological polar surface area (TPSA) is 110 Å². The van der Waals surface area contributed by atoms with Gasteiger partial charge in [0.05, 0.1) is 16.4 Å². The molecule has 0 bridgehead atoms. The summed E-state index contributed by atoms with van der Waals surface area (Å²) in [4.78, 5) is 30.3. The number of nitrogens with one attached hydrogen (secondary N) is 1. The van der Waals surface area contributed by atoms with Crippen molar-refractivity contribution in [2.75, 3.05) is 28.3 Å². The predicted molar refractivity (Wildman–Crippen MR) is 119 cm³/mol. The molecule has 1 N–H and O–H groups in total. The quantitative estimate of drug-likeness (QED) is 0.539. The zero-order chi connectivity index (χ0) is 22.0. The Balaban J connectivity index is 1.36. The van der Waals surface area contributed by atoms with E-state index in [2.05, 4.69) is 10.3 Å². The van der Waals surface area contributed by atoms with E-state index in [1.165, 1.54) is 12.1 Å². The fraction of sp³-hybridized carbons (Fsp3) is 0.286. The van der Waals surface area contributed by atoms with Gasteiger partial charge in [0.15, 0.2) is 15.4 Å². The molecular weight excluding hydrogens is 438 g/mol. The summed E-state index contributed by atoms with van der Waals surface area (Å²) in [5, 5.41) is 3.09. The van der Waals surface area contributed by atoms with Gasteiger partial charge in [0.1, 0.15) is 5.52 Å². The van der Waals surface area contributed by atoms with Crippen LogP contribution in [0.4, 0.5) is 11.4 Å². The summed E-state index contributed by atoms with van der Waals surface area (Å²) in [6.07, 6.45) is 1.43. The fourth-order valence-corrected chi connectivity index (χ4v) is 4.82. The monoisotopic (exact) mass is 459 g/mol. The molecule has 0 radical (unpaired) electrons. The van der Waals surface area contributed by atoms with Crippen molar-refractivity contribution in [2.45, 2.75) is 29.9 Å². The van der Waals surface area contributed by atoms with Crippen LogP contribution in [-0.4, -0.2) is 43.3 Å². The molecule has 0 aliphatic carbocycles. The van der Waals surface area contributed by atoms with E-state index in [4.69, 9.17) is 4.42 Å². The summed E-state index contributed by atoms with van der Waals surface area (Å²) in [5.41, 5.74) is 2.35. The molecule has 10 heteroatoms. The number of hydrogen-bond acceptors (Lipinski definition) is 7. The van der Waals surface area contributed by atoms with Gasteiger partial charge in [0, 0.05) is 24.3 Å². The molecule has 31 heavy (non-hydrogen) atoms. The molecule has 1 aliphatic heterocycles. The first-order valence-electron chi connectivity index (χ1n) is 9.82. The second kappa shape index (κ2) is 8.72. The number of amides is 2. The van der Waals surface area contributed by atoms with Crippen LogP contribution in [0.3, 0.4) is 0 Å². The van der Waals surface area contributed by atoms with Crippen LogP contribution in [0.1, 0.15) is 19.8 Å². The Bertz CT molecular complexity index is 1240. The highest BCUT2D eigenvalue weighted by atomic mass is 32.2. The van der Waals surface area contributed by atoms with Crippen LogP contribution in [0.15, 0.2) is 57.0 Å². The molecule has 0 spiro atoms. The van der Waals surface area contributed by atoms with E-state index in [0.29, 0.717) is 28.4 Å². The Hall–Kier alpha value is -2.85. The van der Waals surface area contributed by atoms with E-state index in [-0.39, 0.29) is 28.2 Å². The number of carbonyl (C=O) groups is 2. The Morgan fingerprint density at radius 3 is 2.68 bits per heavy atom. The lowest BCUT2D eigenvalue weighted by Crippen LogP contribution is -2.23. The molecule has 0 saturated carbocycles. The van der Waals surface area contributed by atoms with Crippen molar-refractivity contribution < 1.29 is 22.4 Å². The normalized spacial score (nSPS) is 14.4. The third-order valence-electron chi connectivity index (χ3n) is 4.94. The summed E-state index contributed by atoms with van der Waals surface area (Å²) >= 11 is 1.12. The van der Waals surface area contributed by atoms with Gasteiger partial charge >= 0.3 is 0 Å². The average Bonchev–Trinajstić information content (AvgIpc) is 3.38. The highest BCUT2D eigenvalue weighted by Crippen LogP contribution is 2.27. The van der Waals surface area contributed by atoms with E-state index in [1.54, 1.807) is 30.0 Å². The van der Waals surface area contributed by atoms with Gasteiger partial charge in [-0.15, -0.1) is 0 Å². The molecule has 2 heterocycles. The summed E-state index contributed by atoms with van der Waals surface area (Å²) in [7, 11) is -3.33. The molecule has 0 unspecified atom stereocenters. The smallest absolute Gasteiger partial charge is 0.257 e. The van der Waals surface area contributed by atoms with Crippen molar-refractivity contribution in [3.8, 4) is 0 Å². The van der Waals surface area contributed by atoms with Crippen LogP contribution in [0, 0.1) is 0 Å². The van der Waals surface area contributed by atoms with E-state index in [0.717, 1.165) is 30.4 Å². The number of benzene rings is 2. The minimum atomic E-state index is -3.33.